The van der Waals surface area contributed by atoms with Crippen molar-refractivity contribution in [2.75, 3.05) is 26.9 Å². The standard InChI is InChI=1S/C10H19NO4/c1-10(11-2,9(12)13)7-14-6-8-4-3-5-15-8/h8,11H,3-7H2,1-2H3,(H,12,13). The van der Waals surface area contributed by atoms with Crippen LogP contribution in [0.15, 0.2) is 0 Å². The second kappa shape index (κ2) is 5.44. The van der Waals surface area contributed by atoms with E-state index in [1.807, 2.05) is 0 Å². The van der Waals surface area contributed by atoms with Crippen molar-refractivity contribution in [3.05, 3.63) is 0 Å². The summed E-state index contributed by atoms with van der Waals surface area (Å²) in [4.78, 5) is 10.9. The number of rotatable bonds is 6. The molecular formula is C10H19NO4. The smallest absolute Gasteiger partial charge is 0.326 e. The first-order chi connectivity index (χ1) is 7.08. The van der Waals surface area contributed by atoms with Crippen LogP contribution in [0.4, 0.5) is 0 Å². The van der Waals surface area contributed by atoms with E-state index in [0.717, 1.165) is 19.4 Å². The quantitative estimate of drug-likeness (QED) is 0.667. The van der Waals surface area contributed by atoms with Crippen LogP contribution in [0.1, 0.15) is 19.8 Å². The van der Waals surface area contributed by atoms with E-state index in [-0.39, 0.29) is 12.7 Å². The van der Waals surface area contributed by atoms with Crippen LogP contribution < -0.4 is 5.32 Å². The molecule has 0 aromatic carbocycles. The fourth-order valence-electron chi connectivity index (χ4n) is 1.41. The number of hydrogen-bond donors (Lipinski definition) is 2. The van der Waals surface area contributed by atoms with Gasteiger partial charge >= 0.3 is 5.97 Å². The maximum absolute atomic E-state index is 10.9. The van der Waals surface area contributed by atoms with Gasteiger partial charge in [0.05, 0.1) is 19.3 Å². The van der Waals surface area contributed by atoms with E-state index in [1.165, 1.54) is 0 Å². The Morgan fingerprint density at radius 1 is 1.73 bits per heavy atom. The number of ether oxygens (including phenoxy) is 2. The molecule has 2 atom stereocenters. The normalized spacial score (nSPS) is 25.1. The third-order valence-corrected chi connectivity index (χ3v) is 2.74. The van der Waals surface area contributed by atoms with Gasteiger partial charge in [0.15, 0.2) is 0 Å². The van der Waals surface area contributed by atoms with Crippen molar-refractivity contribution in [3.8, 4) is 0 Å². The second-order valence-electron chi connectivity index (χ2n) is 4.04. The molecule has 5 heteroatoms. The minimum atomic E-state index is -1.02. The van der Waals surface area contributed by atoms with Gasteiger partial charge in [-0.3, -0.25) is 4.79 Å². The van der Waals surface area contributed by atoms with Gasteiger partial charge in [0.25, 0.3) is 0 Å². The largest absolute Gasteiger partial charge is 0.480 e. The number of carboxylic acid groups (broad SMARTS) is 1. The van der Waals surface area contributed by atoms with Crippen LogP contribution in [-0.2, 0) is 14.3 Å². The van der Waals surface area contributed by atoms with E-state index < -0.39 is 11.5 Å². The van der Waals surface area contributed by atoms with Crippen molar-refractivity contribution in [2.45, 2.75) is 31.4 Å². The monoisotopic (exact) mass is 217 g/mol. The summed E-state index contributed by atoms with van der Waals surface area (Å²) in [6, 6.07) is 0. The van der Waals surface area contributed by atoms with Crippen molar-refractivity contribution in [3.63, 3.8) is 0 Å². The SMILES string of the molecule is CNC(C)(COCC1CCCO1)C(=O)O. The van der Waals surface area contributed by atoms with Crippen LogP contribution in [0.5, 0.6) is 0 Å². The summed E-state index contributed by atoms with van der Waals surface area (Å²) < 4.78 is 10.7. The number of carbonyl (C=O) groups is 1. The Morgan fingerprint density at radius 3 is 2.93 bits per heavy atom. The lowest BCUT2D eigenvalue weighted by molar-refractivity contribution is -0.147. The fourth-order valence-corrected chi connectivity index (χ4v) is 1.41. The minimum Gasteiger partial charge on any atom is -0.480 e. The minimum absolute atomic E-state index is 0.139. The maximum Gasteiger partial charge on any atom is 0.326 e. The maximum atomic E-state index is 10.9. The Morgan fingerprint density at radius 2 is 2.47 bits per heavy atom. The average Bonchev–Trinajstić information content (AvgIpc) is 2.70. The Hall–Kier alpha value is -0.650. The summed E-state index contributed by atoms with van der Waals surface area (Å²) in [5, 5.41) is 11.7. The van der Waals surface area contributed by atoms with E-state index in [1.54, 1.807) is 14.0 Å². The first-order valence-corrected chi connectivity index (χ1v) is 5.20. The summed E-state index contributed by atoms with van der Waals surface area (Å²) in [5.74, 6) is -0.905. The molecule has 1 aliphatic rings. The van der Waals surface area contributed by atoms with Gasteiger partial charge in [0, 0.05) is 6.61 Å². The number of carboxylic acids is 1. The molecule has 0 spiro atoms. The Labute approximate surface area is 89.8 Å². The van der Waals surface area contributed by atoms with Crippen LogP contribution in [-0.4, -0.2) is 49.6 Å². The zero-order valence-electron chi connectivity index (χ0n) is 9.28. The highest BCUT2D eigenvalue weighted by Crippen LogP contribution is 2.13. The zero-order valence-corrected chi connectivity index (χ0v) is 9.28. The third kappa shape index (κ3) is 3.44. The van der Waals surface area contributed by atoms with Gasteiger partial charge in [-0.2, -0.15) is 0 Å². The summed E-state index contributed by atoms with van der Waals surface area (Å²) in [6.07, 6.45) is 2.21. The summed E-state index contributed by atoms with van der Waals surface area (Å²) in [7, 11) is 1.61. The third-order valence-electron chi connectivity index (χ3n) is 2.74. The molecule has 0 aromatic heterocycles. The van der Waals surface area contributed by atoms with E-state index >= 15 is 0 Å². The molecule has 1 aliphatic heterocycles. The molecule has 0 aliphatic carbocycles. The predicted molar refractivity (Wildman–Crippen MR) is 54.9 cm³/mol. The van der Waals surface area contributed by atoms with Gasteiger partial charge in [-0.25, -0.2) is 0 Å². The summed E-state index contributed by atoms with van der Waals surface area (Å²) in [6.45, 7) is 3.02. The molecule has 0 amide bonds. The number of likely N-dealkylation sites (N-methyl/N-ethyl adjacent to an activating group) is 1. The molecular weight excluding hydrogens is 198 g/mol. The number of aliphatic carboxylic acids is 1. The van der Waals surface area contributed by atoms with E-state index in [0.29, 0.717) is 6.61 Å². The van der Waals surface area contributed by atoms with Crippen LogP contribution in [0.3, 0.4) is 0 Å². The van der Waals surface area contributed by atoms with Gasteiger partial charge in [0.1, 0.15) is 5.54 Å². The molecule has 0 aromatic rings. The highest BCUT2D eigenvalue weighted by molar-refractivity contribution is 5.78. The Bertz CT molecular complexity index is 215. The topological polar surface area (TPSA) is 67.8 Å². The zero-order chi connectivity index (χ0) is 11.3. The lowest BCUT2D eigenvalue weighted by Gasteiger charge is -2.24. The Kier molecular flexibility index (Phi) is 4.50. The first kappa shape index (κ1) is 12.4. The lowest BCUT2D eigenvalue weighted by atomic mass is 10.1. The molecule has 0 radical (unpaired) electrons. The second-order valence-corrected chi connectivity index (χ2v) is 4.04. The average molecular weight is 217 g/mol. The highest BCUT2D eigenvalue weighted by Gasteiger charge is 2.31. The molecule has 88 valence electrons. The van der Waals surface area contributed by atoms with Gasteiger partial charge in [-0.05, 0) is 26.8 Å². The van der Waals surface area contributed by atoms with Gasteiger partial charge in [0.2, 0.25) is 0 Å². The molecule has 0 saturated carbocycles. The molecule has 1 heterocycles. The van der Waals surface area contributed by atoms with Crippen molar-refractivity contribution in [2.24, 2.45) is 0 Å². The Balaban J connectivity index is 2.25. The van der Waals surface area contributed by atoms with Crippen molar-refractivity contribution < 1.29 is 19.4 Å². The fraction of sp³-hybridized carbons (Fsp3) is 0.900. The number of nitrogens with one attached hydrogen (secondary N) is 1. The molecule has 1 saturated heterocycles. The summed E-state index contributed by atoms with van der Waals surface area (Å²) >= 11 is 0. The molecule has 2 unspecified atom stereocenters. The molecule has 5 nitrogen and oxygen atoms in total. The van der Waals surface area contributed by atoms with Crippen LogP contribution >= 0.6 is 0 Å². The molecule has 15 heavy (non-hydrogen) atoms. The van der Waals surface area contributed by atoms with Crippen molar-refractivity contribution in [1.82, 2.24) is 5.32 Å². The summed E-state index contributed by atoms with van der Waals surface area (Å²) in [5.41, 5.74) is -1.02. The van der Waals surface area contributed by atoms with Gasteiger partial charge in [-0.1, -0.05) is 0 Å². The molecule has 1 rings (SSSR count). The molecule has 0 bridgehead atoms. The molecule has 2 N–H and O–H groups in total. The highest BCUT2D eigenvalue weighted by atomic mass is 16.5. The first-order valence-electron chi connectivity index (χ1n) is 5.20. The van der Waals surface area contributed by atoms with Crippen molar-refractivity contribution >= 4 is 5.97 Å². The van der Waals surface area contributed by atoms with Crippen LogP contribution in [0, 0.1) is 0 Å². The predicted octanol–water partition coefficient (Wildman–Crippen LogP) is 0.245. The van der Waals surface area contributed by atoms with E-state index in [9.17, 15) is 4.79 Å². The molecule has 1 fully saturated rings. The van der Waals surface area contributed by atoms with Crippen LogP contribution in [0.25, 0.3) is 0 Å². The van der Waals surface area contributed by atoms with E-state index in [4.69, 9.17) is 14.6 Å². The lowest BCUT2D eigenvalue weighted by Crippen LogP contribution is -2.51. The number of hydrogen-bond acceptors (Lipinski definition) is 4. The van der Waals surface area contributed by atoms with Gasteiger partial charge in [-0.15, -0.1) is 0 Å². The van der Waals surface area contributed by atoms with Crippen LogP contribution in [0.2, 0.25) is 0 Å². The van der Waals surface area contributed by atoms with E-state index in [2.05, 4.69) is 5.32 Å². The van der Waals surface area contributed by atoms with Gasteiger partial charge < -0.3 is 19.9 Å². The van der Waals surface area contributed by atoms with Crippen molar-refractivity contribution in [1.29, 1.82) is 0 Å².